The molecule has 0 aliphatic carbocycles. The van der Waals surface area contributed by atoms with Crippen molar-refractivity contribution in [3.8, 4) is 11.3 Å². The third kappa shape index (κ3) is 2.15. The zero-order valence-electron chi connectivity index (χ0n) is 10.5. The van der Waals surface area contributed by atoms with Crippen LogP contribution in [0, 0.1) is 13.8 Å². The van der Waals surface area contributed by atoms with Crippen molar-refractivity contribution in [1.82, 2.24) is 14.6 Å². The van der Waals surface area contributed by atoms with Crippen LogP contribution in [0.5, 0.6) is 0 Å². The van der Waals surface area contributed by atoms with Crippen molar-refractivity contribution in [2.75, 3.05) is 0 Å². The van der Waals surface area contributed by atoms with Gasteiger partial charge in [0.2, 0.25) is 0 Å². The number of aromatic nitrogens is 3. The Labute approximate surface area is 124 Å². The molecule has 96 valence electrons. The van der Waals surface area contributed by atoms with Crippen LogP contribution in [-0.2, 0) is 0 Å². The molecule has 5 heteroatoms. The van der Waals surface area contributed by atoms with Crippen LogP contribution in [0.25, 0.3) is 16.9 Å². The topological polar surface area (TPSA) is 30.2 Å². The first-order valence-electron chi connectivity index (χ1n) is 5.84. The summed E-state index contributed by atoms with van der Waals surface area (Å²) in [7, 11) is 0. The van der Waals surface area contributed by atoms with Crippen LogP contribution in [0.2, 0.25) is 5.02 Å². The molecule has 2 heterocycles. The van der Waals surface area contributed by atoms with Gasteiger partial charge in [-0.25, -0.2) is 9.50 Å². The monoisotopic (exact) mass is 335 g/mol. The van der Waals surface area contributed by atoms with Crippen molar-refractivity contribution in [1.29, 1.82) is 0 Å². The molecule has 0 atom stereocenters. The molecule has 19 heavy (non-hydrogen) atoms. The van der Waals surface area contributed by atoms with E-state index in [4.69, 9.17) is 11.6 Å². The number of nitrogens with zero attached hydrogens (tertiary/aromatic N) is 3. The van der Waals surface area contributed by atoms with Gasteiger partial charge < -0.3 is 0 Å². The van der Waals surface area contributed by atoms with Crippen molar-refractivity contribution in [3.63, 3.8) is 0 Å². The van der Waals surface area contributed by atoms with Crippen molar-refractivity contribution in [3.05, 3.63) is 51.2 Å². The summed E-state index contributed by atoms with van der Waals surface area (Å²) in [6.07, 6.45) is 0. The maximum absolute atomic E-state index is 6.20. The lowest BCUT2D eigenvalue weighted by atomic mass is 10.2. The Morgan fingerprint density at radius 3 is 2.53 bits per heavy atom. The molecule has 0 fully saturated rings. The average Bonchev–Trinajstić information content (AvgIpc) is 2.81. The molecule has 0 bridgehead atoms. The molecule has 0 aliphatic rings. The standard InChI is InChI=1S/C14H11BrClN3/c1-8-14(16)9(2)19-13(17-8)7-12(18-19)10-3-5-11(15)6-4-10/h3-7H,1-2H3. The van der Waals surface area contributed by atoms with Gasteiger partial charge in [0.05, 0.1) is 22.1 Å². The first-order chi connectivity index (χ1) is 9.06. The quantitative estimate of drug-likeness (QED) is 0.658. The highest BCUT2D eigenvalue weighted by atomic mass is 79.9. The molecule has 0 radical (unpaired) electrons. The number of fused-ring (bicyclic) bond motifs is 1. The minimum atomic E-state index is 0.665. The minimum Gasteiger partial charge on any atom is -0.232 e. The predicted octanol–water partition coefficient (Wildman–Crippen LogP) is 4.43. The maximum atomic E-state index is 6.20. The molecule has 3 nitrogen and oxygen atoms in total. The van der Waals surface area contributed by atoms with E-state index in [-0.39, 0.29) is 0 Å². The molecule has 0 amide bonds. The lowest BCUT2D eigenvalue weighted by molar-refractivity contribution is 0.889. The van der Waals surface area contributed by atoms with Crippen molar-refractivity contribution in [2.45, 2.75) is 13.8 Å². The van der Waals surface area contributed by atoms with Gasteiger partial charge in [-0.2, -0.15) is 5.10 Å². The lowest BCUT2D eigenvalue weighted by Crippen LogP contribution is -1.99. The van der Waals surface area contributed by atoms with E-state index >= 15 is 0 Å². The van der Waals surface area contributed by atoms with Crippen molar-refractivity contribution < 1.29 is 0 Å². The highest BCUT2D eigenvalue weighted by Crippen LogP contribution is 2.25. The SMILES string of the molecule is Cc1nc2cc(-c3ccc(Br)cc3)nn2c(C)c1Cl. The van der Waals surface area contributed by atoms with E-state index in [2.05, 4.69) is 26.0 Å². The third-order valence-corrected chi connectivity index (χ3v) is 4.14. The molecular weight excluding hydrogens is 326 g/mol. The van der Waals surface area contributed by atoms with Gasteiger partial charge in [-0.1, -0.05) is 39.7 Å². The smallest absolute Gasteiger partial charge is 0.156 e. The minimum absolute atomic E-state index is 0.665. The van der Waals surface area contributed by atoms with E-state index in [1.165, 1.54) is 0 Å². The van der Waals surface area contributed by atoms with Crippen LogP contribution in [-0.4, -0.2) is 14.6 Å². The lowest BCUT2D eigenvalue weighted by Gasteiger charge is -2.03. The molecule has 0 unspecified atom stereocenters. The fourth-order valence-electron chi connectivity index (χ4n) is 2.04. The molecule has 0 aliphatic heterocycles. The summed E-state index contributed by atoms with van der Waals surface area (Å²) < 4.78 is 2.83. The highest BCUT2D eigenvalue weighted by molar-refractivity contribution is 9.10. The number of halogens is 2. The van der Waals surface area contributed by atoms with Crippen LogP contribution < -0.4 is 0 Å². The van der Waals surface area contributed by atoms with E-state index in [0.29, 0.717) is 5.02 Å². The van der Waals surface area contributed by atoms with Crippen molar-refractivity contribution >= 4 is 33.2 Å². The summed E-state index contributed by atoms with van der Waals surface area (Å²) in [4.78, 5) is 4.46. The second-order valence-electron chi connectivity index (χ2n) is 4.40. The predicted molar refractivity (Wildman–Crippen MR) is 80.6 cm³/mol. The fraction of sp³-hybridized carbons (Fsp3) is 0.143. The van der Waals surface area contributed by atoms with E-state index in [0.717, 1.165) is 32.8 Å². The Morgan fingerprint density at radius 2 is 1.84 bits per heavy atom. The largest absolute Gasteiger partial charge is 0.232 e. The Kier molecular flexibility index (Phi) is 3.07. The van der Waals surface area contributed by atoms with Gasteiger partial charge in [0.15, 0.2) is 5.65 Å². The average molecular weight is 337 g/mol. The van der Waals surface area contributed by atoms with Crippen LogP contribution >= 0.6 is 27.5 Å². The second-order valence-corrected chi connectivity index (χ2v) is 5.70. The number of hydrogen-bond donors (Lipinski definition) is 0. The Morgan fingerprint density at radius 1 is 1.16 bits per heavy atom. The van der Waals surface area contributed by atoms with Gasteiger partial charge in [-0.15, -0.1) is 0 Å². The van der Waals surface area contributed by atoms with E-state index < -0.39 is 0 Å². The van der Waals surface area contributed by atoms with Crippen molar-refractivity contribution in [2.24, 2.45) is 0 Å². The summed E-state index contributed by atoms with van der Waals surface area (Å²) in [5, 5.41) is 5.23. The normalized spacial score (nSPS) is 11.2. The van der Waals surface area contributed by atoms with Gasteiger partial charge in [0.1, 0.15) is 0 Å². The van der Waals surface area contributed by atoms with Gasteiger partial charge in [-0.05, 0) is 26.0 Å². The maximum Gasteiger partial charge on any atom is 0.156 e. The van der Waals surface area contributed by atoms with Gasteiger partial charge in [0, 0.05) is 16.1 Å². The number of hydrogen-bond acceptors (Lipinski definition) is 2. The summed E-state index contributed by atoms with van der Waals surface area (Å²) >= 11 is 9.63. The van der Waals surface area contributed by atoms with E-state index in [1.807, 2.05) is 44.2 Å². The Bertz CT molecular complexity index is 762. The molecule has 0 saturated carbocycles. The first-order valence-corrected chi connectivity index (χ1v) is 7.02. The van der Waals surface area contributed by atoms with Crippen LogP contribution in [0.3, 0.4) is 0 Å². The molecule has 1 aromatic carbocycles. The Balaban J connectivity index is 2.22. The van der Waals surface area contributed by atoms with Crippen LogP contribution in [0.4, 0.5) is 0 Å². The summed E-state index contributed by atoms with van der Waals surface area (Å²) in [6.45, 7) is 3.85. The summed E-state index contributed by atoms with van der Waals surface area (Å²) in [6, 6.07) is 10.0. The summed E-state index contributed by atoms with van der Waals surface area (Å²) in [5.41, 5.74) is 4.51. The van der Waals surface area contributed by atoms with E-state index in [1.54, 1.807) is 4.52 Å². The third-order valence-electron chi connectivity index (χ3n) is 3.07. The molecule has 2 aromatic heterocycles. The number of rotatable bonds is 1. The molecule has 3 aromatic rings. The summed E-state index contributed by atoms with van der Waals surface area (Å²) in [5.74, 6) is 0. The molecular formula is C14H11BrClN3. The zero-order chi connectivity index (χ0) is 13.6. The molecule has 0 N–H and O–H groups in total. The van der Waals surface area contributed by atoms with Gasteiger partial charge in [0.25, 0.3) is 0 Å². The number of aryl methyl sites for hydroxylation is 2. The highest BCUT2D eigenvalue weighted by Gasteiger charge is 2.11. The van der Waals surface area contributed by atoms with Gasteiger partial charge in [-0.3, -0.25) is 0 Å². The molecule has 3 rings (SSSR count). The second kappa shape index (κ2) is 4.62. The van der Waals surface area contributed by atoms with Crippen LogP contribution in [0.1, 0.15) is 11.4 Å². The fourth-order valence-corrected chi connectivity index (χ4v) is 2.42. The number of benzene rings is 1. The zero-order valence-corrected chi connectivity index (χ0v) is 12.8. The molecule has 0 spiro atoms. The van der Waals surface area contributed by atoms with Gasteiger partial charge >= 0.3 is 0 Å². The Hall–Kier alpha value is -1.39. The first kappa shape index (κ1) is 12.6. The van der Waals surface area contributed by atoms with Crippen LogP contribution in [0.15, 0.2) is 34.8 Å². The van der Waals surface area contributed by atoms with E-state index in [9.17, 15) is 0 Å². The molecule has 0 saturated heterocycles.